The first kappa shape index (κ1) is 36.2. The molecule has 0 saturated carbocycles. The minimum Gasteiger partial charge on any atom is -0.393 e. The van der Waals surface area contributed by atoms with Gasteiger partial charge in [0.25, 0.3) is 0 Å². The molecule has 0 aromatic heterocycles. The summed E-state index contributed by atoms with van der Waals surface area (Å²) in [6, 6.07) is 0. The van der Waals surface area contributed by atoms with Gasteiger partial charge in [-0.3, -0.25) is 0 Å². The van der Waals surface area contributed by atoms with E-state index in [1.165, 1.54) is 154 Å². The first-order chi connectivity index (χ1) is 18.3. The number of allylic oxidation sites excluding steroid dienone is 5. The number of aliphatic hydroxyl groups is 1. The fourth-order valence-corrected chi connectivity index (χ4v) is 4.96. The normalized spacial score (nSPS) is 13.1. The molecule has 0 amide bonds. The molecule has 1 heteroatoms. The van der Waals surface area contributed by atoms with Gasteiger partial charge in [0.05, 0.1) is 6.10 Å². The van der Waals surface area contributed by atoms with Crippen molar-refractivity contribution < 1.29 is 5.11 Å². The predicted octanol–water partition coefficient (Wildman–Crippen LogP) is 12.6. The van der Waals surface area contributed by atoms with E-state index in [1.807, 2.05) is 0 Å². The number of hydrogen-bond donors (Lipinski definition) is 1. The summed E-state index contributed by atoms with van der Waals surface area (Å²) in [5, 5.41) is 9.99. The third kappa shape index (κ3) is 33.2. The van der Waals surface area contributed by atoms with Crippen LogP contribution in [0.15, 0.2) is 36.5 Å². The van der Waals surface area contributed by atoms with Gasteiger partial charge in [-0.25, -0.2) is 0 Å². The maximum absolute atomic E-state index is 9.99. The van der Waals surface area contributed by atoms with E-state index in [-0.39, 0.29) is 6.10 Å². The average Bonchev–Trinajstić information content (AvgIpc) is 2.90. The van der Waals surface area contributed by atoms with Crippen molar-refractivity contribution in [2.24, 2.45) is 0 Å². The lowest BCUT2D eigenvalue weighted by Crippen LogP contribution is -2.04. The summed E-state index contributed by atoms with van der Waals surface area (Å²) in [6.45, 7) is 4.50. The van der Waals surface area contributed by atoms with Gasteiger partial charge < -0.3 is 5.11 Å². The molecule has 0 aliphatic carbocycles. The second-order valence-corrected chi connectivity index (χ2v) is 11.4. The molecule has 0 radical (unpaired) electrons. The number of rotatable bonds is 30. The van der Waals surface area contributed by atoms with Crippen molar-refractivity contribution in [3.05, 3.63) is 36.5 Å². The van der Waals surface area contributed by atoms with Gasteiger partial charge in [-0.15, -0.1) is 0 Å². The standard InChI is InChI=1S/C36H68O/c1-3-5-7-9-10-11-12-13-14-15-16-17-18-19-20-21-22-23-24-25-26-27-28-29-30-31-33-35-36(37)34-32-8-6-4-2/h10-11,13-14,31,33,36-37H,3-9,12,15-30,32,34-35H2,1-2H3/t36-/m1/s1. The lowest BCUT2D eigenvalue weighted by molar-refractivity contribution is 0.163. The Morgan fingerprint density at radius 1 is 0.405 bits per heavy atom. The van der Waals surface area contributed by atoms with Crippen LogP contribution in [-0.4, -0.2) is 11.2 Å². The van der Waals surface area contributed by atoms with Crippen LogP contribution in [0.3, 0.4) is 0 Å². The molecule has 0 aromatic rings. The lowest BCUT2D eigenvalue weighted by atomic mass is 10.0. The molecule has 1 nitrogen and oxygen atoms in total. The Labute approximate surface area is 234 Å². The summed E-state index contributed by atoms with van der Waals surface area (Å²) in [5.74, 6) is 0. The molecule has 0 spiro atoms. The zero-order valence-corrected chi connectivity index (χ0v) is 25.6. The molecule has 0 saturated heterocycles. The van der Waals surface area contributed by atoms with E-state index < -0.39 is 0 Å². The van der Waals surface area contributed by atoms with Gasteiger partial charge >= 0.3 is 0 Å². The summed E-state index contributed by atoms with van der Waals surface area (Å²) in [5.41, 5.74) is 0. The summed E-state index contributed by atoms with van der Waals surface area (Å²) in [6.07, 6.45) is 49.3. The van der Waals surface area contributed by atoms with Crippen LogP contribution in [0.2, 0.25) is 0 Å². The topological polar surface area (TPSA) is 20.2 Å². The van der Waals surface area contributed by atoms with Crippen LogP contribution in [0, 0.1) is 0 Å². The molecule has 0 fully saturated rings. The maximum atomic E-state index is 9.99. The van der Waals surface area contributed by atoms with Crippen molar-refractivity contribution in [3.8, 4) is 0 Å². The molecule has 0 aliphatic heterocycles. The van der Waals surface area contributed by atoms with Crippen LogP contribution < -0.4 is 0 Å². The molecule has 0 bridgehead atoms. The maximum Gasteiger partial charge on any atom is 0.0574 e. The number of unbranched alkanes of at least 4 members (excludes halogenated alkanes) is 21. The fraction of sp³-hybridized carbons (Fsp3) is 0.833. The van der Waals surface area contributed by atoms with Gasteiger partial charge in [0.1, 0.15) is 0 Å². The van der Waals surface area contributed by atoms with Gasteiger partial charge in [-0.2, -0.15) is 0 Å². The summed E-state index contributed by atoms with van der Waals surface area (Å²) < 4.78 is 0. The molecule has 218 valence electrons. The third-order valence-corrected chi connectivity index (χ3v) is 7.54. The van der Waals surface area contributed by atoms with Crippen LogP contribution in [0.25, 0.3) is 0 Å². The molecule has 1 atom stereocenters. The monoisotopic (exact) mass is 517 g/mol. The van der Waals surface area contributed by atoms with Crippen LogP contribution >= 0.6 is 0 Å². The van der Waals surface area contributed by atoms with Crippen molar-refractivity contribution in [3.63, 3.8) is 0 Å². The van der Waals surface area contributed by atoms with E-state index in [9.17, 15) is 5.11 Å². The fourth-order valence-electron chi connectivity index (χ4n) is 4.96. The zero-order chi connectivity index (χ0) is 26.9. The first-order valence-electron chi connectivity index (χ1n) is 16.9. The van der Waals surface area contributed by atoms with E-state index in [4.69, 9.17) is 0 Å². The summed E-state index contributed by atoms with van der Waals surface area (Å²) in [4.78, 5) is 0. The summed E-state index contributed by atoms with van der Waals surface area (Å²) >= 11 is 0. The van der Waals surface area contributed by atoms with E-state index in [2.05, 4.69) is 50.3 Å². The largest absolute Gasteiger partial charge is 0.393 e. The van der Waals surface area contributed by atoms with Gasteiger partial charge in [0.2, 0.25) is 0 Å². The van der Waals surface area contributed by atoms with Crippen LogP contribution in [-0.2, 0) is 0 Å². The molecular weight excluding hydrogens is 448 g/mol. The van der Waals surface area contributed by atoms with Crippen LogP contribution in [0.5, 0.6) is 0 Å². The minimum absolute atomic E-state index is 0.122. The zero-order valence-electron chi connectivity index (χ0n) is 25.6. The summed E-state index contributed by atoms with van der Waals surface area (Å²) in [7, 11) is 0. The van der Waals surface area contributed by atoms with Crippen LogP contribution in [0.4, 0.5) is 0 Å². The smallest absolute Gasteiger partial charge is 0.0574 e. The highest BCUT2D eigenvalue weighted by Crippen LogP contribution is 2.14. The minimum atomic E-state index is -0.122. The van der Waals surface area contributed by atoms with E-state index in [0.29, 0.717) is 0 Å². The van der Waals surface area contributed by atoms with Gasteiger partial charge in [0, 0.05) is 0 Å². The molecule has 0 rings (SSSR count). The molecule has 0 heterocycles. The molecule has 1 N–H and O–H groups in total. The first-order valence-corrected chi connectivity index (χ1v) is 16.9. The second kappa shape index (κ2) is 33.2. The quantitative estimate of drug-likeness (QED) is 0.0743. The molecule has 0 aliphatic rings. The van der Waals surface area contributed by atoms with Crippen molar-refractivity contribution in [2.75, 3.05) is 0 Å². The Bertz CT molecular complexity index is 489. The van der Waals surface area contributed by atoms with E-state index in [0.717, 1.165) is 19.3 Å². The molecule has 0 unspecified atom stereocenters. The van der Waals surface area contributed by atoms with Gasteiger partial charge in [-0.05, 0) is 57.8 Å². The highest BCUT2D eigenvalue weighted by molar-refractivity contribution is 4.92. The van der Waals surface area contributed by atoms with Crippen molar-refractivity contribution in [2.45, 2.75) is 193 Å². The predicted molar refractivity (Wildman–Crippen MR) is 169 cm³/mol. The van der Waals surface area contributed by atoms with E-state index in [1.54, 1.807) is 0 Å². The highest BCUT2D eigenvalue weighted by atomic mass is 16.3. The van der Waals surface area contributed by atoms with Gasteiger partial charge in [-0.1, -0.05) is 166 Å². The molecule has 0 aromatic carbocycles. The SMILES string of the molecule is CCCCCC=CCC=CCCCCCCCCCCCCCCCCC=CC[C@H](O)CCCCCC. The second-order valence-electron chi connectivity index (χ2n) is 11.4. The van der Waals surface area contributed by atoms with Gasteiger partial charge in [0.15, 0.2) is 0 Å². The van der Waals surface area contributed by atoms with Crippen molar-refractivity contribution in [1.82, 2.24) is 0 Å². The number of aliphatic hydroxyl groups excluding tert-OH is 1. The lowest BCUT2D eigenvalue weighted by Gasteiger charge is -2.07. The highest BCUT2D eigenvalue weighted by Gasteiger charge is 2.00. The Morgan fingerprint density at radius 3 is 1.22 bits per heavy atom. The van der Waals surface area contributed by atoms with Crippen molar-refractivity contribution in [1.29, 1.82) is 0 Å². The molecule has 37 heavy (non-hydrogen) atoms. The number of hydrogen-bond acceptors (Lipinski definition) is 1. The Balaban J connectivity index is 3.19. The Kier molecular flexibility index (Phi) is 32.5. The third-order valence-electron chi connectivity index (χ3n) is 7.54. The van der Waals surface area contributed by atoms with Crippen molar-refractivity contribution >= 4 is 0 Å². The molecular formula is C36H68O. The van der Waals surface area contributed by atoms with Crippen LogP contribution in [0.1, 0.15) is 187 Å². The Morgan fingerprint density at radius 2 is 0.757 bits per heavy atom. The average molecular weight is 517 g/mol. The van der Waals surface area contributed by atoms with E-state index >= 15 is 0 Å². The Hall–Kier alpha value is -0.820.